The predicted molar refractivity (Wildman–Crippen MR) is 137 cm³/mol. The van der Waals surface area contributed by atoms with Crippen LogP contribution >= 0.6 is 15.9 Å². The fourth-order valence-electron chi connectivity index (χ4n) is 6.58. The molecule has 0 radical (unpaired) electrons. The summed E-state index contributed by atoms with van der Waals surface area (Å²) in [4.78, 5) is 54.6. The number of allylic oxidation sites excluding steroid dienone is 6. The van der Waals surface area contributed by atoms with Crippen molar-refractivity contribution >= 4 is 50.1 Å². The largest absolute Gasteiger partial charge is 0.507 e. The lowest BCUT2D eigenvalue weighted by Gasteiger charge is -2.42. The van der Waals surface area contributed by atoms with Gasteiger partial charge in [0.05, 0.1) is 16.3 Å². The van der Waals surface area contributed by atoms with Crippen molar-refractivity contribution in [3.63, 3.8) is 0 Å². The van der Waals surface area contributed by atoms with E-state index in [1.54, 1.807) is 6.07 Å². The average Bonchev–Trinajstić information content (AvgIpc) is 3.12. The molecular formula is C29H24BrNO5. The molecule has 2 amide bonds. The van der Waals surface area contributed by atoms with Crippen molar-refractivity contribution in [3.8, 4) is 5.75 Å². The molecule has 0 spiro atoms. The van der Waals surface area contributed by atoms with Gasteiger partial charge in [0.2, 0.25) is 11.8 Å². The Morgan fingerprint density at radius 3 is 2.58 bits per heavy atom. The van der Waals surface area contributed by atoms with Gasteiger partial charge >= 0.3 is 0 Å². The molecule has 1 saturated heterocycles. The molecule has 0 aromatic heterocycles. The summed E-state index contributed by atoms with van der Waals surface area (Å²) in [5.74, 6) is -2.95. The van der Waals surface area contributed by atoms with E-state index >= 15 is 0 Å². The lowest BCUT2D eigenvalue weighted by Crippen LogP contribution is -2.39. The number of rotatable bonds is 3. The second-order valence-electron chi connectivity index (χ2n) is 9.95. The number of hydrogen-bond acceptors (Lipinski definition) is 5. The van der Waals surface area contributed by atoms with Crippen molar-refractivity contribution in [2.45, 2.75) is 32.1 Å². The van der Waals surface area contributed by atoms with Crippen LogP contribution in [0.3, 0.4) is 0 Å². The summed E-state index contributed by atoms with van der Waals surface area (Å²) in [6, 6.07) is 11.1. The number of carbonyl (C=O) groups excluding carboxylic acids is 4. The van der Waals surface area contributed by atoms with Crippen LogP contribution in [0.5, 0.6) is 5.75 Å². The summed E-state index contributed by atoms with van der Waals surface area (Å²) in [5.41, 5.74) is 2.10. The molecular weight excluding hydrogens is 522 g/mol. The van der Waals surface area contributed by atoms with Crippen LogP contribution in [0.4, 0.5) is 0 Å². The number of nitrogens with zero attached hydrogens (tertiary/aromatic N) is 1. The van der Waals surface area contributed by atoms with Gasteiger partial charge in [0.1, 0.15) is 5.75 Å². The number of likely N-dealkylation sites (tertiary alicyclic amines) is 1. The number of amides is 2. The Balaban J connectivity index is 1.56. The number of imide groups is 1. The van der Waals surface area contributed by atoms with Gasteiger partial charge in [-0.2, -0.15) is 0 Å². The zero-order valence-corrected chi connectivity index (χ0v) is 21.2. The quantitative estimate of drug-likeness (QED) is 0.342. The van der Waals surface area contributed by atoms with Gasteiger partial charge in [-0.1, -0.05) is 55.0 Å². The number of ketones is 2. The molecule has 0 saturated carbocycles. The summed E-state index contributed by atoms with van der Waals surface area (Å²) in [6.07, 6.45) is 4.57. The molecule has 4 aliphatic rings. The normalized spacial score (nSPS) is 27.7. The van der Waals surface area contributed by atoms with Crippen molar-refractivity contribution < 1.29 is 24.3 Å². The first-order valence-electron chi connectivity index (χ1n) is 12.3. The van der Waals surface area contributed by atoms with E-state index in [0.717, 1.165) is 11.0 Å². The van der Waals surface area contributed by atoms with Crippen LogP contribution in [0.25, 0.3) is 10.8 Å². The second kappa shape index (κ2) is 8.37. The Morgan fingerprint density at radius 1 is 1.03 bits per heavy atom. The van der Waals surface area contributed by atoms with Gasteiger partial charge in [-0.25, -0.2) is 0 Å². The summed E-state index contributed by atoms with van der Waals surface area (Å²) >= 11 is 3.24. The van der Waals surface area contributed by atoms with Gasteiger partial charge in [0.15, 0.2) is 11.6 Å². The van der Waals surface area contributed by atoms with Crippen LogP contribution in [-0.4, -0.2) is 39.9 Å². The highest BCUT2D eigenvalue weighted by molar-refractivity contribution is 9.12. The monoisotopic (exact) mass is 545 g/mol. The topological polar surface area (TPSA) is 91.8 Å². The molecule has 1 aliphatic heterocycles. The number of aromatic hydroxyl groups is 1. The minimum atomic E-state index is -0.666. The average molecular weight is 546 g/mol. The lowest BCUT2D eigenvalue weighted by molar-refractivity contribution is -0.140. The zero-order valence-electron chi connectivity index (χ0n) is 19.7. The molecule has 182 valence electrons. The van der Waals surface area contributed by atoms with E-state index in [1.165, 1.54) is 11.0 Å². The summed E-state index contributed by atoms with van der Waals surface area (Å²) in [5, 5.41) is 12.9. The van der Waals surface area contributed by atoms with Crippen molar-refractivity contribution in [2.75, 3.05) is 6.54 Å². The molecule has 36 heavy (non-hydrogen) atoms. The summed E-state index contributed by atoms with van der Waals surface area (Å²) < 4.78 is 0.189. The molecule has 2 aromatic carbocycles. The molecule has 4 atom stereocenters. The van der Waals surface area contributed by atoms with Crippen LogP contribution in [0.15, 0.2) is 69.8 Å². The maximum atomic E-state index is 13.5. The van der Waals surface area contributed by atoms with Gasteiger partial charge in [0, 0.05) is 40.6 Å². The molecule has 1 N–H and O–H groups in total. The van der Waals surface area contributed by atoms with E-state index < -0.39 is 23.7 Å². The van der Waals surface area contributed by atoms with E-state index in [4.69, 9.17) is 0 Å². The van der Waals surface area contributed by atoms with E-state index in [1.807, 2.05) is 43.3 Å². The third-order valence-corrected chi connectivity index (χ3v) is 8.70. The van der Waals surface area contributed by atoms with Gasteiger partial charge < -0.3 is 5.11 Å². The van der Waals surface area contributed by atoms with Crippen molar-refractivity contribution in [1.29, 1.82) is 0 Å². The van der Waals surface area contributed by atoms with Crippen molar-refractivity contribution in [2.24, 2.45) is 17.8 Å². The van der Waals surface area contributed by atoms with E-state index in [-0.39, 0.29) is 40.0 Å². The van der Waals surface area contributed by atoms with Gasteiger partial charge in [-0.05, 0) is 46.5 Å². The molecule has 2 aromatic rings. The summed E-state index contributed by atoms with van der Waals surface area (Å²) in [6.45, 7) is 2.31. The Labute approximate surface area is 216 Å². The number of fused-ring (bicyclic) bond motifs is 4. The van der Waals surface area contributed by atoms with E-state index in [2.05, 4.69) is 15.9 Å². The number of Topliss-reactive ketones (excluding diaryl/α,β-unsaturated/α-hetero) is 1. The van der Waals surface area contributed by atoms with Gasteiger partial charge in [0.25, 0.3) is 0 Å². The first kappa shape index (κ1) is 23.1. The second-order valence-corrected chi connectivity index (χ2v) is 10.8. The minimum Gasteiger partial charge on any atom is -0.507 e. The number of hydrogen-bond donors (Lipinski definition) is 1. The molecule has 0 bridgehead atoms. The van der Waals surface area contributed by atoms with E-state index in [9.17, 15) is 24.3 Å². The number of phenols is 1. The molecule has 6 rings (SSSR count). The Kier molecular flexibility index (Phi) is 5.37. The van der Waals surface area contributed by atoms with E-state index in [0.29, 0.717) is 41.5 Å². The first-order valence-corrected chi connectivity index (χ1v) is 13.1. The third-order valence-electron chi connectivity index (χ3n) is 8.11. The highest BCUT2D eigenvalue weighted by Gasteiger charge is 2.56. The highest BCUT2D eigenvalue weighted by atomic mass is 79.9. The first-order chi connectivity index (χ1) is 17.3. The van der Waals surface area contributed by atoms with Crippen LogP contribution in [0, 0.1) is 17.8 Å². The molecule has 7 heteroatoms. The fraction of sp³-hybridized carbons (Fsp3) is 0.310. The Morgan fingerprint density at radius 2 is 1.81 bits per heavy atom. The smallest absolute Gasteiger partial charge is 0.233 e. The van der Waals surface area contributed by atoms with Crippen LogP contribution < -0.4 is 0 Å². The standard InChI is InChI=1S/C29H24BrNO5/c1-2-11-31-28(35)18-10-9-16-19(24(18)29(31)36)12-20-25(22(32)13-21(30)27(20)34)23(16)17-8-7-14-5-3-4-6-15(14)26(17)33/h3-9,13,18-19,23-24,33H,2,10-12H2,1H3/t18-,19+,23+,24-/m0/s1. The fourth-order valence-corrected chi connectivity index (χ4v) is 7.02. The Hall–Kier alpha value is -3.32. The Bertz CT molecular complexity index is 1480. The zero-order chi connectivity index (χ0) is 25.3. The number of benzene rings is 2. The molecule has 6 nitrogen and oxygen atoms in total. The molecule has 3 aliphatic carbocycles. The highest BCUT2D eigenvalue weighted by Crippen LogP contribution is 2.56. The number of phenolic OH excluding ortho intramolecular Hbond substituents is 1. The predicted octanol–water partition coefficient (Wildman–Crippen LogP) is 4.72. The molecule has 0 unspecified atom stereocenters. The maximum Gasteiger partial charge on any atom is 0.233 e. The van der Waals surface area contributed by atoms with Crippen molar-refractivity contribution in [3.05, 3.63) is 75.3 Å². The van der Waals surface area contributed by atoms with Gasteiger partial charge in [-0.15, -0.1) is 0 Å². The molecule has 1 heterocycles. The van der Waals surface area contributed by atoms with Gasteiger partial charge in [-0.3, -0.25) is 24.1 Å². The number of carbonyl (C=O) groups is 4. The summed E-state index contributed by atoms with van der Waals surface area (Å²) in [7, 11) is 0. The van der Waals surface area contributed by atoms with Crippen LogP contribution in [0.2, 0.25) is 0 Å². The van der Waals surface area contributed by atoms with Crippen LogP contribution in [-0.2, 0) is 19.2 Å². The van der Waals surface area contributed by atoms with Crippen LogP contribution in [0.1, 0.15) is 37.7 Å². The third kappa shape index (κ3) is 3.15. The number of halogens is 1. The molecule has 1 fully saturated rings. The minimum absolute atomic E-state index is 0.0592. The van der Waals surface area contributed by atoms with Crippen molar-refractivity contribution in [1.82, 2.24) is 4.90 Å². The maximum absolute atomic E-state index is 13.5. The lowest BCUT2D eigenvalue weighted by atomic mass is 9.59. The SMILES string of the molecule is CCCN1C(=O)[C@H]2[C@H](CC=C3[C@H](c4ccc5ccccc5c4O)C4=C(C[C@H]32)C(=O)C(Br)=CC4=O)C1=O.